The van der Waals surface area contributed by atoms with E-state index in [-0.39, 0.29) is 23.0 Å². The smallest absolute Gasteiger partial charge is 0.145 e. The Morgan fingerprint density at radius 2 is 2.29 bits per heavy atom. The molecule has 1 fully saturated rings. The van der Waals surface area contributed by atoms with E-state index in [9.17, 15) is 4.39 Å². The van der Waals surface area contributed by atoms with E-state index in [1.54, 1.807) is 18.2 Å². The van der Waals surface area contributed by atoms with Crippen molar-refractivity contribution in [2.45, 2.75) is 37.8 Å². The van der Waals surface area contributed by atoms with Gasteiger partial charge >= 0.3 is 0 Å². The van der Waals surface area contributed by atoms with Crippen molar-refractivity contribution in [3.05, 3.63) is 34.6 Å². The summed E-state index contributed by atoms with van der Waals surface area (Å²) in [5.74, 6) is -0.361. The summed E-state index contributed by atoms with van der Waals surface area (Å²) in [4.78, 5) is 0. The first kappa shape index (κ1) is 12.8. The fourth-order valence-electron chi connectivity index (χ4n) is 2.19. The van der Waals surface area contributed by atoms with E-state index in [2.05, 4.69) is 0 Å². The summed E-state index contributed by atoms with van der Waals surface area (Å²) in [5.41, 5.74) is 6.63. The van der Waals surface area contributed by atoms with E-state index in [1.165, 1.54) is 0 Å². The molecule has 17 heavy (non-hydrogen) atoms. The van der Waals surface area contributed by atoms with Crippen molar-refractivity contribution in [3.8, 4) is 0 Å². The molecule has 2 nitrogen and oxygen atoms in total. The topological polar surface area (TPSA) is 35.2 Å². The van der Waals surface area contributed by atoms with Gasteiger partial charge in [-0.25, -0.2) is 4.39 Å². The fourth-order valence-corrected chi connectivity index (χ4v) is 2.39. The van der Waals surface area contributed by atoms with Crippen LogP contribution in [0, 0.1) is 5.82 Å². The first-order chi connectivity index (χ1) is 8.18. The van der Waals surface area contributed by atoms with Gasteiger partial charge in [-0.2, -0.15) is 0 Å². The Bertz CT molecular complexity index is 380. The van der Waals surface area contributed by atoms with Gasteiger partial charge in [-0.05, 0) is 37.3 Å². The summed E-state index contributed by atoms with van der Waals surface area (Å²) < 4.78 is 19.3. The van der Waals surface area contributed by atoms with Gasteiger partial charge in [0, 0.05) is 12.6 Å². The van der Waals surface area contributed by atoms with Crippen LogP contribution in [0.3, 0.4) is 0 Å². The third-order valence-corrected chi connectivity index (χ3v) is 3.47. The highest BCUT2D eigenvalue weighted by atomic mass is 35.5. The fraction of sp³-hybridized carbons (Fsp3) is 0.538. The Kier molecular flexibility index (Phi) is 4.37. The maximum absolute atomic E-state index is 13.7. The zero-order valence-corrected chi connectivity index (χ0v) is 10.4. The van der Waals surface area contributed by atoms with Crippen molar-refractivity contribution in [3.63, 3.8) is 0 Å². The zero-order valence-electron chi connectivity index (χ0n) is 9.66. The third kappa shape index (κ3) is 3.18. The molecule has 1 aliphatic heterocycles. The second-order valence-corrected chi connectivity index (χ2v) is 4.89. The predicted molar refractivity (Wildman–Crippen MR) is 66.7 cm³/mol. The van der Waals surface area contributed by atoms with Gasteiger partial charge in [0.25, 0.3) is 0 Å². The van der Waals surface area contributed by atoms with Gasteiger partial charge in [0.15, 0.2) is 0 Å². The van der Waals surface area contributed by atoms with Crippen molar-refractivity contribution in [2.24, 2.45) is 5.73 Å². The van der Waals surface area contributed by atoms with Crippen LogP contribution in [0.4, 0.5) is 4.39 Å². The highest BCUT2D eigenvalue weighted by Gasteiger charge is 2.22. The highest BCUT2D eigenvalue weighted by Crippen LogP contribution is 2.22. The molecule has 0 bridgehead atoms. The number of hydrogen-bond donors (Lipinski definition) is 1. The molecule has 0 spiro atoms. The number of nitrogens with two attached hydrogens (primary N) is 1. The summed E-state index contributed by atoms with van der Waals surface area (Å²) in [6.07, 6.45) is 3.70. The summed E-state index contributed by atoms with van der Waals surface area (Å²) in [6.45, 7) is 0.760. The van der Waals surface area contributed by atoms with E-state index in [4.69, 9.17) is 22.1 Å². The summed E-state index contributed by atoms with van der Waals surface area (Å²) in [6, 6.07) is 4.85. The van der Waals surface area contributed by atoms with Crippen LogP contribution < -0.4 is 5.73 Å². The van der Waals surface area contributed by atoms with Gasteiger partial charge in [0.2, 0.25) is 0 Å². The van der Waals surface area contributed by atoms with Gasteiger partial charge in [-0.1, -0.05) is 23.7 Å². The minimum atomic E-state index is -0.361. The normalized spacial score (nSPS) is 22.4. The van der Waals surface area contributed by atoms with Gasteiger partial charge in [-0.15, -0.1) is 0 Å². The number of rotatable bonds is 3. The average Bonchev–Trinajstić information content (AvgIpc) is 2.36. The minimum Gasteiger partial charge on any atom is -0.377 e. The molecule has 0 saturated carbocycles. The molecule has 0 aromatic heterocycles. The van der Waals surface area contributed by atoms with Crippen LogP contribution in [0.1, 0.15) is 24.8 Å². The van der Waals surface area contributed by atoms with E-state index < -0.39 is 0 Å². The molecule has 1 heterocycles. The lowest BCUT2D eigenvalue weighted by atomic mass is 9.96. The monoisotopic (exact) mass is 257 g/mol. The van der Waals surface area contributed by atoms with Crippen LogP contribution >= 0.6 is 11.6 Å². The number of halogens is 2. The molecule has 1 aromatic rings. The van der Waals surface area contributed by atoms with Crippen LogP contribution in [-0.2, 0) is 11.2 Å². The molecule has 2 unspecified atom stereocenters. The van der Waals surface area contributed by atoms with Gasteiger partial charge < -0.3 is 10.5 Å². The largest absolute Gasteiger partial charge is 0.377 e. The molecule has 0 aliphatic carbocycles. The van der Waals surface area contributed by atoms with E-state index in [0.29, 0.717) is 12.0 Å². The second kappa shape index (κ2) is 5.80. The van der Waals surface area contributed by atoms with Crippen LogP contribution in [0.15, 0.2) is 18.2 Å². The van der Waals surface area contributed by atoms with Crippen LogP contribution in [-0.4, -0.2) is 18.8 Å². The van der Waals surface area contributed by atoms with Gasteiger partial charge in [-0.3, -0.25) is 0 Å². The molecule has 0 amide bonds. The maximum Gasteiger partial charge on any atom is 0.145 e. The Morgan fingerprint density at radius 1 is 1.47 bits per heavy atom. The number of hydrogen-bond acceptors (Lipinski definition) is 2. The van der Waals surface area contributed by atoms with Crippen molar-refractivity contribution in [1.29, 1.82) is 0 Å². The Balaban J connectivity index is 2.01. The summed E-state index contributed by atoms with van der Waals surface area (Å²) >= 11 is 5.74. The molecule has 4 heteroatoms. The molecule has 1 aromatic carbocycles. The third-order valence-electron chi connectivity index (χ3n) is 3.18. The lowest BCUT2D eigenvalue weighted by Gasteiger charge is -2.28. The highest BCUT2D eigenvalue weighted by molar-refractivity contribution is 6.30. The van der Waals surface area contributed by atoms with E-state index in [1.807, 2.05) is 0 Å². The first-order valence-corrected chi connectivity index (χ1v) is 6.36. The van der Waals surface area contributed by atoms with Crippen molar-refractivity contribution in [2.75, 3.05) is 6.61 Å². The standard InChI is InChI=1S/C13H17ClFNO/c14-10-5-3-4-9(13(10)15)8-11(16)12-6-1-2-7-17-12/h3-5,11-12H,1-2,6-8,16H2. The zero-order chi connectivity index (χ0) is 12.3. The molecule has 0 radical (unpaired) electrons. The van der Waals surface area contributed by atoms with Gasteiger partial charge in [0.1, 0.15) is 5.82 Å². The lowest BCUT2D eigenvalue weighted by Crippen LogP contribution is -2.40. The van der Waals surface area contributed by atoms with Crippen molar-refractivity contribution in [1.82, 2.24) is 0 Å². The summed E-state index contributed by atoms with van der Waals surface area (Å²) in [5, 5.41) is 0.152. The van der Waals surface area contributed by atoms with Crippen LogP contribution in [0.5, 0.6) is 0 Å². The molecule has 1 saturated heterocycles. The quantitative estimate of drug-likeness (QED) is 0.904. The van der Waals surface area contributed by atoms with Crippen LogP contribution in [0.2, 0.25) is 5.02 Å². The number of ether oxygens (including phenoxy) is 1. The van der Waals surface area contributed by atoms with E-state index >= 15 is 0 Å². The van der Waals surface area contributed by atoms with Crippen molar-refractivity contribution < 1.29 is 9.13 Å². The Morgan fingerprint density at radius 3 is 3.00 bits per heavy atom. The minimum absolute atomic E-state index is 0.0436. The average molecular weight is 258 g/mol. The molecule has 2 atom stereocenters. The van der Waals surface area contributed by atoms with Crippen LogP contribution in [0.25, 0.3) is 0 Å². The SMILES string of the molecule is NC(Cc1cccc(Cl)c1F)C1CCCCO1. The van der Waals surface area contributed by atoms with Gasteiger partial charge in [0.05, 0.1) is 11.1 Å². The molecular weight excluding hydrogens is 241 g/mol. The lowest BCUT2D eigenvalue weighted by molar-refractivity contribution is 0.000511. The molecule has 2 rings (SSSR count). The maximum atomic E-state index is 13.7. The van der Waals surface area contributed by atoms with Crippen molar-refractivity contribution >= 4 is 11.6 Å². The second-order valence-electron chi connectivity index (χ2n) is 4.49. The first-order valence-electron chi connectivity index (χ1n) is 5.98. The Hall–Kier alpha value is -0.640. The summed E-state index contributed by atoms with van der Waals surface area (Å²) in [7, 11) is 0. The number of benzene rings is 1. The molecule has 94 valence electrons. The Labute approximate surface area is 106 Å². The van der Waals surface area contributed by atoms with E-state index in [0.717, 1.165) is 25.9 Å². The molecule has 2 N–H and O–H groups in total. The molecular formula is C13H17ClFNO. The predicted octanol–water partition coefficient (Wildman–Crippen LogP) is 2.92. The molecule has 1 aliphatic rings.